The van der Waals surface area contributed by atoms with Crippen molar-refractivity contribution < 1.29 is 9.59 Å². The maximum atomic E-state index is 12.6. The molecule has 0 radical (unpaired) electrons. The number of nitrogens with zero attached hydrogens (tertiary/aromatic N) is 4. The van der Waals surface area contributed by atoms with E-state index in [9.17, 15) is 9.59 Å². The van der Waals surface area contributed by atoms with Gasteiger partial charge in [-0.15, -0.1) is 0 Å². The molecular formula is C20H22N4O2. The highest BCUT2D eigenvalue weighted by Crippen LogP contribution is 2.28. The van der Waals surface area contributed by atoms with Crippen molar-refractivity contribution in [2.24, 2.45) is 0 Å². The van der Waals surface area contributed by atoms with E-state index in [4.69, 9.17) is 0 Å². The standard InChI is InChI=1S/C20H22N4O2/c25-19(15-20(26)24-10-8-16-5-1-2-6-17(16)24)23-13-11-22(12-14-23)18-7-3-4-9-21-18/h1-7,9H,8,10-15H2. The first kappa shape index (κ1) is 16.6. The maximum Gasteiger partial charge on any atom is 0.236 e. The number of benzene rings is 1. The van der Waals surface area contributed by atoms with E-state index in [2.05, 4.69) is 9.88 Å². The monoisotopic (exact) mass is 350 g/mol. The second kappa shape index (κ2) is 7.15. The van der Waals surface area contributed by atoms with Crippen molar-refractivity contribution in [2.45, 2.75) is 12.8 Å². The Morgan fingerprint density at radius 2 is 1.65 bits per heavy atom. The summed E-state index contributed by atoms with van der Waals surface area (Å²) in [7, 11) is 0. The van der Waals surface area contributed by atoms with Crippen LogP contribution in [0.2, 0.25) is 0 Å². The molecule has 1 fully saturated rings. The van der Waals surface area contributed by atoms with Gasteiger partial charge in [0.15, 0.2) is 0 Å². The minimum absolute atomic E-state index is 0.0576. The van der Waals surface area contributed by atoms with Gasteiger partial charge in [0.25, 0.3) is 0 Å². The van der Waals surface area contributed by atoms with Crippen LogP contribution >= 0.6 is 0 Å². The number of carbonyl (C=O) groups excluding carboxylic acids is 2. The molecule has 1 saturated heterocycles. The predicted molar refractivity (Wildman–Crippen MR) is 100 cm³/mol. The number of hydrogen-bond donors (Lipinski definition) is 0. The first-order valence-corrected chi connectivity index (χ1v) is 9.04. The number of rotatable bonds is 3. The molecule has 0 N–H and O–H groups in total. The molecule has 26 heavy (non-hydrogen) atoms. The number of amides is 2. The normalized spacial score (nSPS) is 16.5. The van der Waals surface area contributed by atoms with Crippen molar-refractivity contribution in [1.82, 2.24) is 9.88 Å². The topological polar surface area (TPSA) is 56.8 Å². The maximum absolute atomic E-state index is 12.6. The molecule has 4 rings (SSSR count). The second-order valence-corrected chi connectivity index (χ2v) is 6.66. The molecule has 6 heteroatoms. The zero-order chi connectivity index (χ0) is 17.9. The molecule has 134 valence electrons. The van der Waals surface area contributed by atoms with E-state index in [-0.39, 0.29) is 18.2 Å². The molecule has 0 atom stereocenters. The van der Waals surface area contributed by atoms with E-state index < -0.39 is 0 Å². The van der Waals surface area contributed by atoms with Gasteiger partial charge in [-0.05, 0) is 30.2 Å². The highest BCUT2D eigenvalue weighted by molar-refractivity contribution is 6.06. The molecule has 0 spiro atoms. The van der Waals surface area contributed by atoms with Crippen LogP contribution in [-0.2, 0) is 16.0 Å². The Bertz CT molecular complexity index is 800. The average molecular weight is 350 g/mol. The zero-order valence-electron chi connectivity index (χ0n) is 14.7. The molecule has 3 heterocycles. The summed E-state index contributed by atoms with van der Waals surface area (Å²) < 4.78 is 0. The van der Waals surface area contributed by atoms with Crippen LogP contribution in [0.4, 0.5) is 11.5 Å². The molecule has 0 unspecified atom stereocenters. The summed E-state index contributed by atoms with van der Waals surface area (Å²) >= 11 is 0. The molecule has 0 saturated carbocycles. The lowest BCUT2D eigenvalue weighted by molar-refractivity contribution is -0.135. The first-order valence-electron chi connectivity index (χ1n) is 9.04. The number of aromatic nitrogens is 1. The summed E-state index contributed by atoms with van der Waals surface area (Å²) in [6.07, 6.45) is 2.58. The van der Waals surface area contributed by atoms with Gasteiger partial charge in [-0.1, -0.05) is 24.3 Å². The van der Waals surface area contributed by atoms with Gasteiger partial charge in [-0.3, -0.25) is 9.59 Å². The Labute approximate surface area is 153 Å². The van der Waals surface area contributed by atoms with Crippen molar-refractivity contribution in [3.63, 3.8) is 0 Å². The minimum Gasteiger partial charge on any atom is -0.353 e. The third-order valence-electron chi connectivity index (χ3n) is 5.10. The van der Waals surface area contributed by atoms with Gasteiger partial charge in [0, 0.05) is 44.6 Å². The number of carbonyl (C=O) groups is 2. The SMILES string of the molecule is O=C(CC(=O)N1CCc2ccccc21)N1CCN(c2ccccn2)CC1. The molecule has 0 bridgehead atoms. The molecule has 2 aromatic rings. The van der Waals surface area contributed by atoms with Crippen LogP contribution in [0, 0.1) is 0 Å². The first-order chi connectivity index (χ1) is 12.7. The van der Waals surface area contributed by atoms with Gasteiger partial charge in [-0.2, -0.15) is 0 Å². The van der Waals surface area contributed by atoms with Gasteiger partial charge in [0.05, 0.1) is 0 Å². The van der Waals surface area contributed by atoms with E-state index in [0.29, 0.717) is 19.6 Å². The molecule has 1 aromatic carbocycles. The van der Waals surface area contributed by atoms with E-state index in [0.717, 1.165) is 31.0 Å². The van der Waals surface area contributed by atoms with Crippen molar-refractivity contribution in [3.8, 4) is 0 Å². The summed E-state index contributed by atoms with van der Waals surface area (Å²) in [5, 5.41) is 0. The largest absolute Gasteiger partial charge is 0.353 e. The van der Waals surface area contributed by atoms with Crippen LogP contribution in [0.15, 0.2) is 48.7 Å². The molecule has 6 nitrogen and oxygen atoms in total. The van der Waals surface area contributed by atoms with Crippen LogP contribution in [0.3, 0.4) is 0 Å². The van der Waals surface area contributed by atoms with Gasteiger partial charge < -0.3 is 14.7 Å². The van der Waals surface area contributed by atoms with E-state index >= 15 is 0 Å². The van der Waals surface area contributed by atoms with E-state index in [1.165, 1.54) is 5.56 Å². The van der Waals surface area contributed by atoms with E-state index in [1.54, 1.807) is 16.0 Å². The molecule has 0 aliphatic carbocycles. The van der Waals surface area contributed by atoms with Crippen LogP contribution in [0.1, 0.15) is 12.0 Å². The number of para-hydroxylation sites is 1. The van der Waals surface area contributed by atoms with Gasteiger partial charge in [0.1, 0.15) is 12.2 Å². The summed E-state index contributed by atoms with van der Waals surface area (Å²) in [6, 6.07) is 13.8. The molecule has 2 amide bonds. The zero-order valence-corrected chi connectivity index (χ0v) is 14.7. The summed E-state index contributed by atoms with van der Waals surface area (Å²) in [5.41, 5.74) is 2.13. The van der Waals surface area contributed by atoms with E-state index in [1.807, 2.05) is 42.5 Å². The smallest absolute Gasteiger partial charge is 0.236 e. The van der Waals surface area contributed by atoms with Gasteiger partial charge >= 0.3 is 0 Å². The Balaban J connectivity index is 1.33. The summed E-state index contributed by atoms with van der Waals surface area (Å²) in [4.78, 5) is 35.2. The van der Waals surface area contributed by atoms with Crippen LogP contribution < -0.4 is 9.80 Å². The third-order valence-corrected chi connectivity index (χ3v) is 5.10. The highest BCUT2D eigenvalue weighted by atomic mass is 16.2. The fourth-order valence-corrected chi connectivity index (χ4v) is 3.66. The molecular weight excluding hydrogens is 328 g/mol. The second-order valence-electron chi connectivity index (χ2n) is 6.66. The van der Waals surface area contributed by atoms with Crippen LogP contribution in [-0.4, -0.2) is 54.4 Å². The average Bonchev–Trinajstić information content (AvgIpc) is 3.13. The Hall–Kier alpha value is -2.89. The lowest BCUT2D eigenvalue weighted by Gasteiger charge is -2.35. The molecule has 1 aromatic heterocycles. The quantitative estimate of drug-likeness (QED) is 0.791. The lowest BCUT2D eigenvalue weighted by Crippen LogP contribution is -2.50. The number of pyridine rings is 1. The molecule has 2 aliphatic heterocycles. The van der Waals surface area contributed by atoms with Crippen molar-refractivity contribution >= 4 is 23.3 Å². The highest BCUT2D eigenvalue weighted by Gasteiger charge is 2.28. The number of anilines is 2. The van der Waals surface area contributed by atoms with Gasteiger partial charge in [-0.25, -0.2) is 4.98 Å². The Morgan fingerprint density at radius 3 is 2.42 bits per heavy atom. The third kappa shape index (κ3) is 3.27. The lowest BCUT2D eigenvalue weighted by atomic mass is 10.2. The number of fused-ring (bicyclic) bond motifs is 1. The van der Waals surface area contributed by atoms with Crippen molar-refractivity contribution in [3.05, 3.63) is 54.2 Å². The van der Waals surface area contributed by atoms with Crippen molar-refractivity contribution in [1.29, 1.82) is 0 Å². The van der Waals surface area contributed by atoms with Crippen molar-refractivity contribution in [2.75, 3.05) is 42.5 Å². The van der Waals surface area contributed by atoms with Crippen LogP contribution in [0.25, 0.3) is 0 Å². The van der Waals surface area contributed by atoms with Gasteiger partial charge in [0.2, 0.25) is 11.8 Å². The summed E-state index contributed by atoms with van der Waals surface area (Å²) in [5.74, 6) is 0.747. The fraction of sp³-hybridized carbons (Fsp3) is 0.350. The minimum atomic E-state index is -0.105. The molecule has 2 aliphatic rings. The number of hydrogen-bond acceptors (Lipinski definition) is 4. The number of piperazine rings is 1. The Morgan fingerprint density at radius 1 is 0.885 bits per heavy atom. The summed E-state index contributed by atoms with van der Waals surface area (Å²) in [6.45, 7) is 3.39. The predicted octanol–water partition coefficient (Wildman–Crippen LogP) is 1.71. The van der Waals surface area contributed by atoms with Crippen LogP contribution in [0.5, 0.6) is 0 Å². The Kier molecular flexibility index (Phi) is 4.56. The fourth-order valence-electron chi connectivity index (χ4n) is 3.66.